The summed E-state index contributed by atoms with van der Waals surface area (Å²) in [7, 11) is 0. The summed E-state index contributed by atoms with van der Waals surface area (Å²) < 4.78 is 7.84. The van der Waals surface area contributed by atoms with Crippen LogP contribution in [0.1, 0.15) is 59.9 Å². The lowest BCUT2D eigenvalue weighted by Gasteiger charge is -2.38. The Morgan fingerprint density at radius 1 is 1.14 bits per heavy atom. The lowest BCUT2D eigenvalue weighted by atomic mass is 9.75. The standard InChI is InChI=1S/C18H33N3O/c1-17(2,3)16-7-9-20(10-8-16)14-21-12-15(11-19-21)13-22-18(4,5)6/h11-12,16H,7-10,13-14H2,1-6H3. The second-order valence-electron chi connectivity index (χ2n) is 8.69. The highest BCUT2D eigenvalue weighted by Crippen LogP contribution is 2.34. The van der Waals surface area contributed by atoms with Crippen LogP contribution in [0.5, 0.6) is 0 Å². The quantitative estimate of drug-likeness (QED) is 0.845. The second-order valence-corrected chi connectivity index (χ2v) is 8.69. The average Bonchev–Trinajstić information content (AvgIpc) is 2.83. The Labute approximate surface area is 135 Å². The van der Waals surface area contributed by atoms with Gasteiger partial charge < -0.3 is 4.74 Å². The molecule has 22 heavy (non-hydrogen) atoms. The molecule has 4 nitrogen and oxygen atoms in total. The molecule has 0 atom stereocenters. The summed E-state index contributed by atoms with van der Waals surface area (Å²) in [6.07, 6.45) is 6.63. The van der Waals surface area contributed by atoms with Gasteiger partial charge in [0, 0.05) is 24.8 Å². The summed E-state index contributed by atoms with van der Waals surface area (Å²) in [4.78, 5) is 2.50. The zero-order valence-corrected chi connectivity index (χ0v) is 15.2. The van der Waals surface area contributed by atoms with E-state index < -0.39 is 0 Å². The summed E-state index contributed by atoms with van der Waals surface area (Å²) in [5, 5.41) is 4.47. The van der Waals surface area contributed by atoms with Crippen molar-refractivity contribution in [3.8, 4) is 0 Å². The van der Waals surface area contributed by atoms with Crippen LogP contribution in [0.15, 0.2) is 12.4 Å². The molecular weight excluding hydrogens is 274 g/mol. The van der Waals surface area contributed by atoms with Crippen LogP contribution in [0.2, 0.25) is 0 Å². The number of likely N-dealkylation sites (tertiary alicyclic amines) is 1. The first-order valence-electron chi connectivity index (χ1n) is 8.51. The Kier molecular flexibility index (Phi) is 5.33. The molecule has 4 heteroatoms. The molecule has 1 aliphatic rings. The molecule has 2 heterocycles. The molecule has 2 rings (SSSR count). The van der Waals surface area contributed by atoms with Crippen molar-refractivity contribution in [2.45, 2.75) is 73.3 Å². The molecule has 0 unspecified atom stereocenters. The van der Waals surface area contributed by atoms with Crippen molar-refractivity contribution in [1.29, 1.82) is 0 Å². The summed E-state index contributed by atoms with van der Waals surface area (Å²) in [5.74, 6) is 0.845. The van der Waals surface area contributed by atoms with Crippen molar-refractivity contribution >= 4 is 0 Å². The maximum Gasteiger partial charge on any atom is 0.0928 e. The lowest BCUT2D eigenvalue weighted by Crippen LogP contribution is -2.38. The third kappa shape index (κ3) is 5.40. The van der Waals surface area contributed by atoms with Crippen LogP contribution in [-0.4, -0.2) is 33.4 Å². The van der Waals surface area contributed by atoms with E-state index >= 15 is 0 Å². The zero-order chi connectivity index (χ0) is 16.4. The molecule has 1 aromatic heterocycles. The predicted octanol–water partition coefficient (Wildman–Crippen LogP) is 3.91. The molecule has 1 aromatic rings. The third-order valence-corrected chi connectivity index (χ3v) is 4.52. The van der Waals surface area contributed by atoms with Gasteiger partial charge in [0.2, 0.25) is 0 Å². The van der Waals surface area contributed by atoms with E-state index in [0.29, 0.717) is 12.0 Å². The summed E-state index contributed by atoms with van der Waals surface area (Å²) >= 11 is 0. The fourth-order valence-corrected chi connectivity index (χ4v) is 3.00. The molecule has 0 N–H and O–H groups in total. The van der Waals surface area contributed by atoms with E-state index in [0.717, 1.165) is 18.2 Å². The topological polar surface area (TPSA) is 30.3 Å². The van der Waals surface area contributed by atoms with Gasteiger partial charge in [0.1, 0.15) is 0 Å². The van der Waals surface area contributed by atoms with Crippen LogP contribution in [0.3, 0.4) is 0 Å². The normalized spacial score (nSPS) is 18.8. The van der Waals surface area contributed by atoms with Crippen LogP contribution in [-0.2, 0) is 18.0 Å². The molecule has 1 saturated heterocycles. The minimum Gasteiger partial charge on any atom is -0.371 e. The van der Waals surface area contributed by atoms with Gasteiger partial charge in [0.05, 0.1) is 25.1 Å². The van der Waals surface area contributed by atoms with Gasteiger partial charge in [-0.25, -0.2) is 0 Å². The fourth-order valence-electron chi connectivity index (χ4n) is 3.00. The van der Waals surface area contributed by atoms with Gasteiger partial charge in [-0.05, 0) is 44.9 Å². The van der Waals surface area contributed by atoms with Gasteiger partial charge in [-0.1, -0.05) is 20.8 Å². The Hall–Kier alpha value is -0.870. The number of nitrogens with zero attached hydrogens (tertiary/aromatic N) is 3. The molecule has 1 aliphatic heterocycles. The first-order valence-corrected chi connectivity index (χ1v) is 8.51. The summed E-state index contributed by atoms with van der Waals surface area (Å²) in [5.41, 5.74) is 1.49. The fraction of sp³-hybridized carbons (Fsp3) is 0.833. The Morgan fingerprint density at radius 3 is 2.32 bits per heavy atom. The molecule has 126 valence electrons. The van der Waals surface area contributed by atoms with Crippen molar-refractivity contribution in [2.75, 3.05) is 13.1 Å². The Morgan fingerprint density at radius 2 is 1.77 bits per heavy atom. The summed E-state index contributed by atoms with van der Waals surface area (Å²) in [6, 6.07) is 0. The maximum atomic E-state index is 5.80. The monoisotopic (exact) mass is 307 g/mol. The largest absolute Gasteiger partial charge is 0.371 e. The highest BCUT2D eigenvalue weighted by molar-refractivity contribution is 5.02. The molecule has 0 bridgehead atoms. The van der Waals surface area contributed by atoms with Crippen molar-refractivity contribution in [1.82, 2.24) is 14.7 Å². The SMILES string of the molecule is CC(C)(C)OCc1cnn(CN2CCC(C(C)(C)C)CC2)c1. The average molecular weight is 307 g/mol. The van der Waals surface area contributed by atoms with E-state index in [1.807, 2.05) is 10.9 Å². The number of rotatable bonds is 4. The minimum atomic E-state index is -0.100. The number of aromatic nitrogens is 2. The van der Waals surface area contributed by atoms with Crippen molar-refractivity contribution in [3.63, 3.8) is 0 Å². The van der Waals surface area contributed by atoms with E-state index in [1.54, 1.807) is 0 Å². The first kappa shape index (κ1) is 17.5. The molecule has 0 spiro atoms. The first-order chi connectivity index (χ1) is 10.1. The zero-order valence-electron chi connectivity index (χ0n) is 15.2. The molecule has 1 fully saturated rings. The van der Waals surface area contributed by atoms with Crippen LogP contribution in [0.4, 0.5) is 0 Å². The number of hydrogen-bond acceptors (Lipinski definition) is 3. The van der Waals surface area contributed by atoms with E-state index in [9.17, 15) is 0 Å². The van der Waals surface area contributed by atoms with Crippen molar-refractivity contribution in [3.05, 3.63) is 18.0 Å². The van der Waals surface area contributed by atoms with Crippen molar-refractivity contribution < 1.29 is 4.74 Å². The van der Waals surface area contributed by atoms with Gasteiger partial charge in [0.25, 0.3) is 0 Å². The van der Waals surface area contributed by atoms with Gasteiger partial charge in [-0.2, -0.15) is 5.10 Å². The molecule has 0 radical (unpaired) electrons. The van der Waals surface area contributed by atoms with Crippen LogP contribution in [0.25, 0.3) is 0 Å². The maximum absolute atomic E-state index is 5.80. The number of ether oxygens (including phenoxy) is 1. The predicted molar refractivity (Wildman–Crippen MR) is 90.5 cm³/mol. The number of piperidine rings is 1. The molecule has 0 aliphatic carbocycles. The summed E-state index contributed by atoms with van der Waals surface area (Å²) in [6.45, 7) is 17.2. The molecular formula is C18H33N3O. The highest BCUT2D eigenvalue weighted by Gasteiger charge is 2.28. The lowest BCUT2D eigenvalue weighted by molar-refractivity contribution is -0.0150. The van der Waals surface area contributed by atoms with Gasteiger partial charge in [0.15, 0.2) is 0 Å². The molecule has 0 saturated carbocycles. The molecule has 0 amide bonds. The van der Waals surface area contributed by atoms with Gasteiger partial charge >= 0.3 is 0 Å². The second kappa shape index (κ2) is 6.71. The van der Waals surface area contributed by atoms with E-state index in [4.69, 9.17) is 4.74 Å². The molecule has 0 aromatic carbocycles. The van der Waals surface area contributed by atoms with E-state index in [1.165, 1.54) is 25.9 Å². The van der Waals surface area contributed by atoms with Crippen molar-refractivity contribution in [2.24, 2.45) is 11.3 Å². The van der Waals surface area contributed by atoms with Crippen LogP contribution >= 0.6 is 0 Å². The van der Waals surface area contributed by atoms with Gasteiger partial charge in [-0.3, -0.25) is 9.58 Å². The highest BCUT2D eigenvalue weighted by atomic mass is 16.5. The smallest absolute Gasteiger partial charge is 0.0928 e. The minimum absolute atomic E-state index is 0.100. The van der Waals surface area contributed by atoms with E-state index in [-0.39, 0.29) is 5.60 Å². The third-order valence-electron chi connectivity index (χ3n) is 4.52. The van der Waals surface area contributed by atoms with Gasteiger partial charge in [-0.15, -0.1) is 0 Å². The Bertz CT molecular complexity index is 459. The van der Waals surface area contributed by atoms with E-state index in [2.05, 4.69) is 57.7 Å². The van der Waals surface area contributed by atoms with Crippen LogP contribution < -0.4 is 0 Å². The van der Waals surface area contributed by atoms with Crippen LogP contribution in [0, 0.1) is 11.3 Å². The Balaban J connectivity index is 1.79. The number of hydrogen-bond donors (Lipinski definition) is 0.